The first-order valence-electron chi connectivity index (χ1n) is 35.1. The van der Waals surface area contributed by atoms with Crippen LogP contribution < -0.4 is 33.0 Å². The molecule has 6 heterocycles. The van der Waals surface area contributed by atoms with Gasteiger partial charge in [-0.3, -0.25) is 37.7 Å². The summed E-state index contributed by atoms with van der Waals surface area (Å²) in [7, 11) is 6.25. The second-order valence-corrected chi connectivity index (χ2v) is 24.4. The van der Waals surface area contributed by atoms with Gasteiger partial charge in [0.1, 0.15) is 48.0 Å². The van der Waals surface area contributed by atoms with Gasteiger partial charge in [0.25, 0.3) is 17.7 Å². The monoisotopic (exact) mass is 1470 g/mol. The minimum Gasteiger partial charge on any atom is -0.481 e. The largest absolute Gasteiger partial charge is 1.00 e. The number of aromatic nitrogens is 6. The van der Waals surface area contributed by atoms with Crippen LogP contribution in [0.3, 0.4) is 0 Å². The highest BCUT2D eigenvalue weighted by atomic mass is 16.6. The van der Waals surface area contributed by atoms with Crippen molar-refractivity contribution in [3.05, 3.63) is 174 Å². The molecule has 3 fully saturated rings. The van der Waals surface area contributed by atoms with Gasteiger partial charge in [-0.15, -0.1) is 0 Å². The minimum atomic E-state index is -1.12. The molecule has 574 valence electrons. The van der Waals surface area contributed by atoms with E-state index in [9.17, 15) is 43.5 Å². The van der Waals surface area contributed by atoms with Crippen LogP contribution in [-0.4, -0.2) is 216 Å². The maximum absolute atomic E-state index is 13.0. The molecule has 5 N–H and O–H groups in total. The summed E-state index contributed by atoms with van der Waals surface area (Å²) < 4.78 is 66.0. The zero-order valence-corrected chi connectivity index (χ0v) is 62.0. The number of carbonyl (C=O) groups is 5. The van der Waals surface area contributed by atoms with Crippen LogP contribution in [0.4, 0.5) is 17.5 Å². The second-order valence-electron chi connectivity index (χ2n) is 24.4. The molecule has 0 aliphatic carbocycles. The SMILES string of the molecule is CCN(CC)CC.CC[C@H]1O[C@@H](n2cc(C)c(NC(=O)c3ccccc3)nc2=O)[C@@H](OCCOC)C1O.CC[C@H]1O[C@@H](n2cc(C)c(NC(=O)c3ccccc3)nc2=O)[C@@H](OCCOC)C1OC.CC[C@H]1O[C@@H](n2cc(C)c(NC(=O)c3ccccc3)nc2=O)[C@@H](OCCOC)C1OC(=O)CCC(=O)O.[H+]. The number of aryl methyl sites for hydroxylation is 3. The predicted molar refractivity (Wildman–Crippen MR) is 388 cm³/mol. The summed E-state index contributed by atoms with van der Waals surface area (Å²) >= 11 is 0. The molecular weight excluding hydrogens is 1360 g/mol. The van der Waals surface area contributed by atoms with Crippen molar-refractivity contribution in [1.82, 2.24) is 33.6 Å². The van der Waals surface area contributed by atoms with Gasteiger partial charge in [-0.2, -0.15) is 15.0 Å². The van der Waals surface area contributed by atoms with Gasteiger partial charge in [0.05, 0.1) is 70.8 Å². The zero-order valence-electron chi connectivity index (χ0n) is 63.0. The average Bonchev–Trinajstić information content (AvgIpc) is 1.63. The lowest BCUT2D eigenvalue weighted by molar-refractivity contribution is -0.160. The molecule has 0 spiro atoms. The maximum Gasteiger partial charge on any atom is 1.00 e. The Balaban J connectivity index is 0.000000273. The molecule has 3 saturated heterocycles. The second kappa shape index (κ2) is 43.6. The Morgan fingerprint density at radius 3 is 1.10 bits per heavy atom. The van der Waals surface area contributed by atoms with E-state index in [2.05, 4.69) is 56.6 Å². The highest BCUT2D eigenvalue weighted by Gasteiger charge is 2.50. The Kier molecular flexibility index (Phi) is 35.3. The smallest absolute Gasteiger partial charge is 0.481 e. The average molecular weight is 1470 g/mol. The molecule has 9 rings (SSSR count). The summed E-state index contributed by atoms with van der Waals surface area (Å²) in [5.41, 5.74) is 1.19. The molecule has 3 aromatic carbocycles. The molecule has 105 heavy (non-hydrogen) atoms. The Morgan fingerprint density at radius 2 is 0.790 bits per heavy atom. The Hall–Kier alpha value is -8.83. The van der Waals surface area contributed by atoms with Gasteiger partial charge in [-0.1, -0.05) is 96.1 Å². The van der Waals surface area contributed by atoms with Crippen molar-refractivity contribution in [1.29, 1.82) is 0 Å². The van der Waals surface area contributed by atoms with E-state index >= 15 is 0 Å². The number of hydrogen-bond acceptors (Lipinski definition) is 24. The molecule has 3 unspecified atom stereocenters. The highest BCUT2D eigenvalue weighted by Crippen LogP contribution is 2.37. The predicted octanol–water partition coefficient (Wildman–Crippen LogP) is 7.04. The first-order valence-corrected chi connectivity index (χ1v) is 35.1. The van der Waals surface area contributed by atoms with Gasteiger partial charge >= 0.3 is 30.4 Å². The van der Waals surface area contributed by atoms with Gasteiger partial charge in [0.15, 0.2) is 24.8 Å². The lowest BCUT2D eigenvalue weighted by Crippen LogP contribution is -2.41. The van der Waals surface area contributed by atoms with Crippen molar-refractivity contribution in [3.63, 3.8) is 0 Å². The van der Waals surface area contributed by atoms with Crippen LogP contribution >= 0.6 is 0 Å². The number of hydrogen-bond donors (Lipinski definition) is 5. The lowest BCUT2D eigenvalue weighted by atomic mass is 10.1. The molecule has 0 bridgehead atoms. The van der Waals surface area contributed by atoms with E-state index in [-0.39, 0.29) is 75.6 Å². The van der Waals surface area contributed by atoms with Crippen LogP contribution in [0.2, 0.25) is 0 Å². The molecule has 0 saturated carbocycles. The number of aliphatic hydroxyl groups is 1. The van der Waals surface area contributed by atoms with Gasteiger partial charge in [-0.05, 0) is 96.1 Å². The van der Waals surface area contributed by atoms with E-state index in [1.165, 1.54) is 46.6 Å². The van der Waals surface area contributed by atoms with E-state index in [1.807, 2.05) is 32.9 Å². The minimum absolute atomic E-state index is 0. The first-order chi connectivity index (χ1) is 50.5. The van der Waals surface area contributed by atoms with Crippen molar-refractivity contribution in [2.45, 2.75) is 168 Å². The van der Waals surface area contributed by atoms with E-state index in [0.717, 1.165) is 0 Å². The number of carbonyl (C=O) groups excluding carboxylic acids is 4. The number of benzene rings is 3. The molecule has 6 aromatic rings. The van der Waals surface area contributed by atoms with Gasteiger partial charge in [0.2, 0.25) is 0 Å². The summed E-state index contributed by atoms with van der Waals surface area (Å²) in [6, 6.07) is 25.9. The van der Waals surface area contributed by atoms with Crippen molar-refractivity contribution < 1.29 is 87.7 Å². The van der Waals surface area contributed by atoms with Crippen molar-refractivity contribution in [2.24, 2.45) is 0 Å². The lowest BCUT2D eigenvalue weighted by Gasteiger charge is -2.25. The number of carboxylic acid groups (broad SMARTS) is 1. The number of amides is 3. The van der Waals surface area contributed by atoms with E-state index in [0.29, 0.717) is 72.5 Å². The summed E-state index contributed by atoms with van der Waals surface area (Å²) in [5, 5.41) is 27.4. The fourth-order valence-corrected chi connectivity index (χ4v) is 11.6. The Morgan fingerprint density at radius 1 is 0.467 bits per heavy atom. The topological polar surface area (TPSA) is 371 Å². The van der Waals surface area contributed by atoms with Crippen LogP contribution in [0.15, 0.2) is 124 Å². The molecule has 31 heteroatoms. The molecule has 3 aliphatic heterocycles. The number of ether oxygens (including phenoxy) is 11. The van der Waals surface area contributed by atoms with Crippen LogP contribution in [0.1, 0.15) is 142 Å². The third kappa shape index (κ3) is 24.1. The first kappa shape index (κ1) is 85.1. The van der Waals surface area contributed by atoms with E-state index < -0.39 is 96.3 Å². The van der Waals surface area contributed by atoms with Crippen molar-refractivity contribution in [3.8, 4) is 0 Å². The van der Waals surface area contributed by atoms with Crippen LogP contribution in [0, 0.1) is 20.8 Å². The van der Waals surface area contributed by atoms with E-state index in [4.69, 9.17) is 57.2 Å². The highest BCUT2D eigenvalue weighted by molar-refractivity contribution is 6.05. The standard InChI is InChI=1S/C25H31N3O9.C22H29N3O6.C21H27N3O6.C6H15N/c1-4-17-20(37-19(31)11-10-18(29)30)21(35-13-12-34-3)24(36-17)28-14-15(2)22(27-25(28)33)26-23(32)16-8-6-5-7-9-16;1-5-16-17(29-4)18(30-12-11-28-3)21(31-16)25-13-14(2)19(24-22(25)27)23-20(26)15-9-7-6-8-10-15;1-4-15-16(25)17(29-11-10-28-3)20(30-15)24-12-13(2)18(23-21(24)27)22-19(26)14-8-6-5-7-9-14;1-4-7(5-2)6-3/h5-9,14,17,20-21,24H,4,10-13H2,1-3H3,(H,29,30)(H,26,27,32,33);6-10,13,16-18,21H,5,11-12H2,1-4H3,(H,23,24,26,27);5-9,12,15-17,20,25H,4,10-11H2,1-3H3,(H,22,23,26,27);4-6H2,1-3H3/p+1/t17-,20?,21+,24-;16-,17?,18+,21-;15-,16?,17+,20-;/m111./s1. The normalized spacial score (nSPS) is 21.6. The number of nitrogens with zero attached hydrogens (tertiary/aromatic N) is 7. The number of aliphatic carboxylic acids is 1. The number of anilines is 3. The number of nitrogens with one attached hydrogen (secondary N) is 3. The fourth-order valence-electron chi connectivity index (χ4n) is 11.6. The molecule has 0 radical (unpaired) electrons. The van der Waals surface area contributed by atoms with Gasteiger partial charge in [0, 0.05) is 80.4 Å². The van der Waals surface area contributed by atoms with Crippen molar-refractivity contribution >= 4 is 47.1 Å². The summed E-state index contributed by atoms with van der Waals surface area (Å²) in [6.45, 7) is 22.7. The third-order valence-electron chi connectivity index (χ3n) is 17.3. The summed E-state index contributed by atoms with van der Waals surface area (Å²) in [6.07, 6.45) is -2.41. The summed E-state index contributed by atoms with van der Waals surface area (Å²) in [4.78, 5) is 114. The Labute approximate surface area is 612 Å². The quantitative estimate of drug-likeness (QED) is 0.0209. The molecule has 31 nitrogen and oxygen atoms in total. The van der Waals surface area contributed by atoms with Crippen LogP contribution in [0.5, 0.6) is 0 Å². The van der Waals surface area contributed by atoms with Crippen LogP contribution in [-0.2, 0) is 61.7 Å². The fraction of sp³-hybridized carbons (Fsp3) is 0.527. The van der Waals surface area contributed by atoms with E-state index in [1.54, 1.807) is 133 Å². The number of carboxylic acids is 1. The molecule has 3 amide bonds. The number of esters is 1. The molecule has 12 atom stereocenters. The van der Waals surface area contributed by atoms with Gasteiger partial charge < -0.3 is 83.2 Å². The number of rotatable bonds is 32. The number of aliphatic hydroxyl groups excluding tert-OH is 1. The third-order valence-corrected chi connectivity index (χ3v) is 17.3. The Bertz CT molecular complexity index is 3890. The molecule has 3 aromatic heterocycles. The zero-order chi connectivity index (χ0) is 76.7. The van der Waals surface area contributed by atoms with Crippen molar-refractivity contribution in [2.75, 3.05) is 104 Å². The molecular formula is C74H103N10O21+. The van der Waals surface area contributed by atoms with Crippen LogP contribution in [0.25, 0.3) is 0 Å². The van der Waals surface area contributed by atoms with Gasteiger partial charge in [-0.25, -0.2) is 14.4 Å². The summed E-state index contributed by atoms with van der Waals surface area (Å²) in [5.74, 6) is -2.45. The molecule has 3 aliphatic rings. The number of methoxy groups -OCH3 is 4. The maximum atomic E-state index is 13.0.